The van der Waals surface area contributed by atoms with E-state index >= 15 is 0 Å². The molecule has 2 aliphatic rings. The number of allylic oxidation sites excluding steroid dienone is 1. The van der Waals surface area contributed by atoms with Crippen LogP contribution in [-0.4, -0.2) is 31.1 Å². The number of anilines is 2. The van der Waals surface area contributed by atoms with Crippen molar-refractivity contribution in [2.45, 2.75) is 0 Å². The maximum Gasteiger partial charge on any atom is 0.175 e. The van der Waals surface area contributed by atoms with Crippen molar-refractivity contribution in [2.75, 3.05) is 24.0 Å². The van der Waals surface area contributed by atoms with E-state index < -0.39 is 11.8 Å². The van der Waals surface area contributed by atoms with Crippen molar-refractivity contribution in [1.29, 1.82) is 0 Å². The molecular weight excluding hydrogens is 282 g/mol. The van der Waals surface area contributed by atoms with Gasteiger partial charge in [-0.3, -0.25) is 14.6 Å². The average Bonchev–Trinajstić information content (AvgIpc) is 2.54. The Morgan fingerprint density at radius 1 is 0.955 bits per heavy atom. The zero-order valence-electron chi connectivity index (χ0n) is 11.9. The Morgan fingerprint density at radius 2 is 1.50 bits per heavy atom. The Labute approximate surface area is 127 Å². The van der Waals surface area contributed by atoms with E-state index in [0.29, 0.717) is 22.5 Å². The van der Waals surface area contributed by atoms with Crippen LogP contribution in [0.2, 0.25) is 0 Å². The van der Waals surface area contributed by atoms with Crippen molar-refractivity contribution in [1.82, 2.24) is 0 Å². The second-order valence-electron chi connectivity index (χ2n) is 5.09. The highest BCUT2D eigenvalue weighted by Crippen LogP contribution is 2.39. The molecule has 1 aromatic rings. The van der Waals surface area contributed by atoms with Gasteiger partial charge < -0.3 is 22.1 Å². The second kappa shape index (κ2) is 5.70. The molecule has 22 heavy (non-hydrogen) atoms. The third-order valence-corrected chi connectivity index (χ3v) is 3.90. The molecule has 7 nitrogen and oxygen atoms in total. The maximum absolute atomic E-state index is 12.8. The number of nitrogens with zero attached hydrogens (tertiary/aromatic N) is 1. The summed E-state index contributed by atoms with van der Waals surface area (Å²) in [5.74, 6) is -1.32. The van der Waals surface area contributed by atoms with Crippen molar-refractivity contribution in [3.05, 3.63) is 35.5 Å². The van der Waals surface area contributed by atoms with E-state index in [9.17, 15) is 9.59 Å². The summed E-state index contributed by atoms with van der Waals surface area (Å²) in [7, 11) is 0. The first-order valence-electron chi connectivity index (χ1n) is 7.02. The molecule has 0 aromatic heterocycles. The summed E-state index contributed by atoms with van der Waals surface area (Å²) in [6.45, 7) is 0.336. The molecule has 0 amide bonds. The fourth-order valence-corrected chi connectivity index (χ4v) is 2.94. The molecule has 0 spiro atoms. The first-order valence-corrected chi connectivity index (χ1v) is 7.02. The minimum Gasteiger partial charge on any atom is -0.372 e. The summed E-state index contributed by atoms with van der Waals surface area (Å²) in [4.78, 5) is 29.7. The quantitative estimate of drug-likeness (QED) is 0.602. The van der Waals surface area contributed by atoms with Gasteiger partial charge in [-0.25, -0.2) is 0 Å². The van der Waals surface area contributed by atoms with Gasteiger partial charge in [0.1, 0.15) is 0 Å². The van der Waals surface area contributed by atoms with Gasteiger partial charge in [-0.15, -0.1) is 0 Å². The van der Waals surface area contributed by atoms with Crippen molar-refractivity contribution >= 4 is 29.2 Å². The van der Waals surface area contributed by atoms with Crippen LogP contribution in [0.1, 0.15) is 20.7 Å². The van der Waals surface area contributed by atoms with Crippen molar-refractivity contribution < 1.29 is 9.59 Å². The lowest BCUT2D eigenvalue weighted by molar-refractivity contribution is 0.0817. The molecule has 0 bridgehead atoms. The molecule has 2 atom stereocenters. The molecule has 0 radical (unpaired) electrons. The van der Waals surface area contributed by atoms with Gasteiger partial charge in [0, 0.05) is 23.8 Å². The molecule has 1 aliphatic heterocycles. The zero-order chi connectivity index (χ0) is 15.7. The van der Waals surface area contributed by atoms with Crippen molar-refractivity contribution in [2.24, 2.45) is 28.3 Å². The van der Waals surface area contributed by atoms with E-state index in [1.807, 2.05) is 0 Å². The molecular formula is C15H17N5O2. The Morgan fingerprint density at radius 3 is 2.05 bits per heavy atom. The van der Waals surface area contributed by atoms with E-state index in [0.717, 1.165) is 0 Å². The number of ketones is 2. The molecule has 7 heteroatoms. The minimum absolute atomic E-state index is 0.112. The van der Waals surface area contributed by atoms with Crippen LogP contribution in [0, 0.1) is 11.8 Å². The number of carbonyl (C=O) groups excluding carboxylic acids is 2. The third-order valence-electron chi connectivity index (χ3n) is 3.90. The smallest absolute Gasteiger partial charge is 0.175 e. The molecule has 2 unspecified atom stereocenters. The number of Topliss-reactive ketones (excluding diaryl/α,β-unsaturated/α-hetero) is 2. The Kier molecular flexibility index (Phi) is 3.74. The molecule has 0 fully saturated rings. The fraction of sp³-hybridized carbons (Fsp3) is 0.267. The topological polar surface area (TPSA) is 123 Å². The number of nitrogens with one attached hydrogen (secondary N) is 2. The van der Waals surface area contributed by atoms with Crippen molar-refractivity contribution in [3.8, 4) is 0 Å². The SMILES string of the molecule is NCNc1ccc(NCN)c2c1C(=O)C1C=CN=CC1C2=O. The maximum atomic E-state index is 12.8. The van der Waals surface area contributed by atoms with Crippen LogP contribution < -0.4 is 22.1 Å². The summed E-state index contributed by atoms with van der Waals surface area (Å²) in [5, 5.41) is 5.87. The minimum atomic E-state index is -0.559. The summed E-state index contributed by atoms with van der Waals surface area (Å²) in [5.41, 5.74) is 12.9. The van der Waals surface area contributed by atoms with E-state index in [2.05, 4.69) is 15.6 Å². The van der Waals surface area contributed by atoms with Gasteiger partial charge in [0.25, 0.3) is 0 Å². The lowest BCUT2D eigenvalue weighted by Crippen LogP contribution is -2.39. The van der Waals surface area contributed by atoms with Crippen LogP contribution in [0.15, 0.2) is 29.4 Å². The normalized spacial score (nSPS) is 22.3. The highest BCUT2D eigenvalue weighted by atomic mass is 16.1. The molecule has 3 rings (SSSR count). The van der Waals surface area contributed by atoms with Gasteiger partial charge >= 0.3 is 0 Å². The fourth-order valence-electron chi connectivity index (χ4n) is 2.94. The molecule has 0 saturated carbocycles. The van der Waals surface area contributed by atoms with Gasteiger partial charge in [-0.2, -0.15) is 0 Å². The lowest BCUT2D eigenvalue weighted by Gasteiger charge is -2.30. The zero-order valence-corrected chi connectivity index (χ0v) is 11.9. The number of benzene rings is 1. The van der Waals surface area contributed by atoms with E-state index in [4.69, 9.17) is 11.5 Å². The van der Waals surface area contributed by atoms with Crippen LogP contribution in [0.25, 0.3) is 0 Å². The van der Waals surface area contributed by atoms with Gasteiger partial charge in [0.2, 0.25) is 0 Å². The largest absolute Gasteiger partial charge is 0.372 e. The standard InChI is InChI=1S/C15H17N5O2/c16-6-19-10-1-2-11(20-7-17)13-12(10)14(21)8-3-4-18-5-9(8)15(13)22/h1-5,8-9,19-20H,6-7,16-17H2. The highest BCUT2D eigenvalue weighted by molar-refractivity contribution is 6.25. The number of fused-ring (bicyclic) bond motifs is 2. The molecule has 1 aliphatic carbocycles. The monoisotopic (exact) mass is 299 g/mol. The number of hydrogen-bond acceptors (Lipinski definition) is 7. The van der Waals surface area contributed by atoms with Gasteiger partial charge in [-0.1, -0.05) is 6.08 Å². The second-order valence-corrected chi connectivity index (χ2v) is 5.09. The molecule has 0 saturated heterocycles. The van der Waals surface area contributed by atoms with Crippen LogP contribution in [-0.2, 0) is 0 Å². The van der Waals surface area contributed by atoms with Gasteiger partial charge in [0.15, 0.2) is 11.6 Å². The first-order chi connectivity index (χ1) is 10.7. The third kappa shape index (κ3) is 2.11. The van der Waals surface area contributed by atoms with E-state index in [1.165, 1.54) is 6.21 Å². The van der Waals surface area contributed by atoms with E-state index in [-0.39, 0.29) is 24.9 Å². The number of rotatable bonds is 4. The summed E-state index contributed by atoms with van der Waals surface area (Å²) < 4.78 is 0. The average molecular weight is 299 g/mol. The molecule has 6 N–H and O–H groups in total. The summed E-state index contributed by atoms with van der Waals surface area (Å²) in [6, 6.07) is 3.46. The van der Waals surface area contributed by atoms with E-state index in [1.54, 1.807) is 24.4 Å². The van der Waals surface area contributed by atoms with Crippen molar-refractivity contribution in [3.63, 3.8) is 0 Å². The van der Waals surface area contributed by atoms with Crippen LogP contribution >= 0.6 is 0 Å². The first kappa shape index (κ1) is 14.4. The molecule has 1 heterocycles. The number of aliphatic imine (C=N–C) groups is 1. The lowest BCUT2D eigenvalue weighted by atomic mass is 9.72. The van der Waals surface area contributed by atoms with Crippen LogP contribution in [0.5, 0.6) is 0 Å². The van der Waals surface area contributed by atoms with Crippen LogP contribution in [0.4, 0.5) is 11.4 Å². The van der Waals surface area contributed by atoms with Gasteiger partial charge in [0.05, 0.1) is 36.3 Å². The predicted octanol–water partition coefficient (Wildman–Crippen LogP) is 0.552. The summed E-state index contributed by atoms with van der Waals surface area (Å²) in [6.07, 6.45) is 4.75. The Balaban J connectivity index is 2.21. The highest BCUT2D eigenvalue weighted by Gasteiger charge is 2.42. The van der Waals surface area contributed by atoms with Gasteiger partial charge in [-0.05, 0) is 12.1 Å². The number of hydrogen-bond donors (Lipinski definition) is 4. The summed E-state index contributed by atoms with van der Waals surface area (Å²) >= 11 is 0. The van der Waals surface area contributed by atoms with Crippen LogP contribution in [0.3, 0.4) is 0 Å². The number of nitrogens with two attached hydrogens (primary N) is 2. The molecule has 1 aromatic carbocycles. The predicted molar refractivity (Wildman–Crippen MR) is 85.1 cm³/mol. The Hall–Kier alpha value is -2.51. The Bertz CT molecular complexity index is 636. The number of carbonyl (C=O) groups is 2. The molecule has 114 valence electrons.